The third-order valence-corrected chi connectivity index (χ3v) is 5.48. The van der Waals surface area contributed by atoms with Gasteiger partial charge in [-0.1, -0.05) is 36.4 Å². The second-order valence-electron chi connectivity index (χ2n) is 7.80. The van der Waals surface area contributed by atoms with Crippen molar-refractivity contribution in [3.05, 3.63) is 101 Å². The molecule has 0 aliphatic rings. The Bertz CT molecular complexity index is 1430. The smallest absolute Gasteiger partial charge is 0.335 e. The minimum Gasteiger partial charge on any atom is -0.496 e. The number of nitrogens with one attached hydrogen (secondary N) is 1. The number of aromatic carboxylic acids is 1. The SMILES string of the molecule is COc1cc(C=NNC(=O)c2cc3ccccc3cc2OC)ccc1OCc1ccc(C(=O)O)cc1. The highest BCUT2D eigenvalue weighted by molar-refractivity contribution is 6.02. The van der Waals surface area contributed by atoms with Gasteiger partial charge in [-0.2, -0.15) is 5.10 Å². The monoisotopic (exact) mass is 484 g/mol. The van der Waals surface area contributed by atoms with E-state index in [4.69, 9.17) is 19.3 Å². The van der Waals surface area contributed by atoms with E-state index in [1.165, 1.54) is 32.6 Å². The Hall–Kier alpha value is -4.85. The highest BCUT2D eigenvalue weighted by atomic mass is 16.5. The minimum atomic E-state index is -0.978. The number of rotatable bonds is 9. The molecule has 0 heterocycles. The number of carboxylic acids is 1. The normalized spacial score (nSPS) is 10.8. The lowest BCUT2D eigenvalue weighted by molar-refractivity contribution is 0.0696. The molecule has 36 heavy (non-hydrogen) atoms. The third-order valence-electron chi connectivity index (χ3n) is 5.48. The van der Waals surface area contributed by atoms with Gasteiger partial charge in [0.2, 0.25) is 0 Å². The number of fused-ring (bicyclic) bond motifs is 1. The molecule has 0 spiro atoms. The van der Waals surface area contributed by atoms with Crippen LogP contribution >= 0.6 is 0 Å². The lowest BCUT2D eigenvalue weighted by Gasteiger charge is -2.11. The van der Waals surface area contributed by atoms with Crippen LogP contribution in [0.25, 0.3) is 10.8 Å². The van der Waals surface area contributed by atoms with Crippen molar-refractivity contribution in [1.29, 1.82) is 0 Å². The molecule has 0 saturated heterocycles. The van der Waals surface area contributed by atoms with Gasteiger partial charge in [0.15, 0.2) is 11.5 Å². The zero-order valence-electron chi connectivity index (χ0n) is 19.7. The Morgan fingerprint density at radius 3 is 2.22 bits per heavy atom. The van der Waals surface area contributed by atoms with Crippen molar-refractivity contribution in [3.63, 3.8) is 0 Å². The van der Waals surface area contributed by atoms with Gasteiger partial charge in [0.05, 0.1) is 31.6 Å². The molecular formula is C28H24N2O6. The summed E-state index contributed by atoms with van der Waals surface area (Å²) < 4.78 is 16.6. The molecule has 182 valence electrons. The molecule has 0 bridgehead atoms. The second-order valence-corrected chi connectivity index (χ2v) is 7.80. The quantitative estimate of drug-likeness (QED) is 0.259. The predicted molar refractivity (Wildman–Crippen MR) is 136 cm³/mol. The van der Waals surface area contributed by atoms with E-state index in [0.29, 0.717) is 28.4 Å². The second kappa shape index (κ2) is 11.1. The van der Waals surface area contributed by atoms with Crippen molar-refractivity contribution >= 4 is 28.9 Å². The van der Waals surface area contributed by atoms with Crippen LogP contribution in [0.2, 0.25) is 0 Å². The zero-order valence-corrected chi connectivity index (χ0v) is 19.7. The van der Waals surface area contributed by atoms with E-state index >= 15 is 0 Å². The molecule has 0 aliphatic carbocycles. The Morgan fingerprint density at radius 1 is 0.861 bits per heavy atom. The molecule has 0 fully saturated rings. The van der Waals surface area contributed by atoms with Crippen molar-refractivity contribution in [3.8, 4) is 17.2 Å². The van der Waals surface area contributed by atoms with Gasteiger partial charge in [0, 0.05) is 0 Å². The first-order chi connectivity index (χ1) is 17.5. The van der Waals surface area contributed by atoms with Crippen LogP contribution < -0.4 is 19.6 Å². The molecule has 4 rings (SSSR count). The largest absolute Gasteiger partial charge is 0.496 e. The van der Waals surface area contributed by atoms with E-state index in [9.17, 15) is 9.59 Å². The number of carbonyl (C=O) groups excluding carboxylic acids is 1. The van der Waals surface area contributed by atoms with Gasteiger partial charge in [-0.25, -0.2) is 10.2 Å². The molecule has 0 aromatic heterocycles. The summed E-state index contributed by atoms with van der Waals surface area (Å²) in [6.45, 7) is 0.243. The summed E-state index contributed by atoms with van der Waals surface area (Å²) in [5, 5.41) is 15.0. The molecule has 4 aromatic rings. The number of hydrazone groups is 1. The van der Waals surface area contributed by atoms with Crippen molar-refractivity contribution in [2.24, 2.45) is 5.10 Å². The number of hydrogen-bond acceptors (Lipinski definition) is 6. The molecule has 0 aliphatic heterocycles. The topological polar surface area (TPSA) is 106 Å². The number of methoxy groups -OCH3 is 2. The zero-order chi connectivity index (χ0) is 25.5. The highest BCUT2D eigenvalue weighted by Crippen LogP contribution is 2.29. The molecule has 0 atom stereocenters. The van der Waals surface area contributed by atoms with Gasteiger partial charge in [0.1, 0.15) is 12.4 Å². The first kappa shape index (κ1) is 24.3. The first-order valence-corrected chi connectivity index (χ1v) is 11.0. The lowest BCUT2D eigenvalue weighted by atomic mass is 10.1. The van der Waals surface area contributed by atoms with E-state index in [0.717, 1.165) is 16.3 Å². The third kappa shape index (κ3) is 5.61. The van der Waals surface area contributed by atoms with E-state index < -0.39 is 11.9 Å². The number of carboxylic acid groups (broad SMARTS) is 1. The summed E-state index contributed by atoms with van der Waals surface area (Å²) >= 11 is 0. The summed E-state index contributed by atoms with van der Waals surface area (Å²) in [7, 11) is 3.05. The Morgan fingerprint density at radius 2 is 1.56 bits per heavy atom. The number of nitrogens with zero attached hydrogens (tertiary/aromatic N) is 1. The fourth-order valence-corrected chi connectivity index (χ4v) is 3.58. The fraction of sp³-hybridized carbons (Fsp3) is 0.107. The summed E-state index contributed by atoms with van der Waals surface area (Å²) in [5.41, 5.74) is 4.64. The molecule has 1 amide bonds. The van der Waals surface area contributed by atoms with E-state index in [2.05, 4.69) is 10.5 Å². The molecular weight excluding hydrogens is 460 g/mol. The average Bonchev–Trinajstić information content (AvgIpc) is 2.91. The van der Waals surface area contributed by atoms with Crippen molar-refractivity contribution in [2.45, 2.75) is 6.61 Å². The molecule has 4 aromatic carbocycles. The fourth-order valence-electron chi connectivity index (χ4n) is 3.58. The van der Waals surface area contributed by atoms with Crippen LogP contribution in [0.5, 0.6) is 17.2 Å². The Labute approximate surface area is 207 Å². The first-order valence-electron chi connectivity index (χ1n) is 11.0. The molecule has 8 heteroatoms. The highest BCUT2D eigenvalue weighted by Gasteiger charge is 2.13. The van der Waals surface area contributed by atoms with Crippen LogP contribution in [0.4, 0.5) is 0 Å². The predicted octanol–water partition coefficient (Wildman–Crippen LogP) is 4.90. The molecule has 0 unspecified atom stereocenters. The lowest BCUT2D eigenvalue weighted by Crippen LogP contribution is -2.18. The standard InChI is InChI=1S/C28H24N2O6/c1-34-25-15-22-6-4-3-5-21(22)14-23(25)27(31)30-29-16-19-9-12-24(26(13-19)35-2)36-17-18-7-10-20(11-8-18)28(32)33/h3-16H,17H2,1-2H3,(H,30,31)(H,32,33). The van der Waals surface area contributed by atoms with Crippen LogP contribution in [0.1, 0.15) is 31.8 Å². The number of benzene rings is 4. The summed E-state index contributed by atoms with van der Waals surface area (Å²) in [6, 6.07) is 23.0. The maximum absolute atomic E-state index is 12.7. The Balaban J connectivity index is 1.42. The van der Waals surface area contributed by atoms with Gasteiger partial charge in [-0.05, 0) is 64.4 Å². The minimum absolute atomic E-state index is 0.214. The summed E-state index contributed by atoms with van der Waals surface area (Å²) in [5.74, 6) is 0.0939. The Kier molecular flexibility index (Phi) is 7.45. The van der Waals surface area contributed by atoms with Gasteiger partial charge in [0.25, 0.3) is 5.91 Å². The van der Waals surface area contributed by atoms with Crippen molar-refractivity contribution in [1.82, 2.24) is 5.43 Å². The van der Waals surface area contributed by atoms with Gasteiger partial charge < -0.3 is 19.3 Å². The van der Waals surface area contributed by atoms with Crippen LogP contribution in [-0.2, 0) is 6.61 Å². The van der Waals surface area contributed by atoms with Gasteiger partial charge >= 0.3 is 5.97 Å². The number of ether oxygens (including phenoxy) is 3. The summed E-state index contributed by atoms with van der Waals surface area (Å²) in [4.78, 5) is 23.7. The number of hydrogen-bond donors (Lipinski definition) is 2. The van der Waals surface area contributed by atoms with Crippen LogP contribution in [0.15, 0.2) is 84.0 Å². The van der Waals surface area contributed by atoms with Gasteiger partial charge in [-0.3, -0.25) is 4.79 Å². The summed E-state index contributed by atoms with van der Waals surface area (Å²) in [6.07, 6.45) is 1.50. The van der Waals surface area contributed by atoms with Crippen LogP contribution in [0, 0.1) is 0 Å². The molecule has 0 radical (unpaired) electrons. The van der Waals surface area contributed by atoms with Gasteiger partial charge in [-0.15, -0.1) is 0 Å². The number of amides is 1. The number of carbonyl (C=O) groups is 2. The average molecular weight is 485 g/mol. The van der Waals surface area contributed by atoms with Crippen LogP contribution in [0.3, 0.4) is 0 Å². The van der Waals surface area contributed by atoms with Crippen LogP contribution in [-0.4, -0.2) is 37.4 Å². The molecule has 0 saturated carbocycles. The van der Waals surface area contributed by atoms with E-state index in [1.54, 1.807) is 36.4 Å². The maximum Gasteiger partial charge on any atom is 0.335 e. The molecule has 2 N–H and O–H groups in total. The maximum atomic E-state index is 12.7. The molecule has 8 nitrogen and oxygen atoms in total. The van der Waals surface area contributed by atoms with Crippen molar-refractivity contribution in [2.75, 3.05) is 14.2 Å². The van der Waals surface area contributed by atoms with Crippen molar-refractivity contribution < 1.29 is 28.9 Å². The van der Waals surface area contributed by atoms with E-state index in [-0.39, 0.29) is 12.2 Å². The van der Waals surface area contributed by atoms with E-state index in [1.807, 2.05) is 30.3 Å².